The van der Waals surface area contributed by atoms with Gasteiger partial charge in [0.2, 0.25) is 0 Å². The van der Waals surface area contributed by atoms with Crippen LogP contribution in [0, 0.1) is 0 Å². The molecule has 118 valence electrons. The fourth-order valence-electron chi connectivity index (χ4n) is 1.80. The Hall–Kier alpha value is -1.24. The molecular weight excluding hydrogens is 333 g/mol. The molecule has 1 heterocycles. The molecule has 1 atom stereocenters. The van der Waals surface area contributed by atoms with Crippen LogP contribution in [0.2, 0.25) is 5.02 Å². The van der Waals surface area contributed by atoms with Crippen molar-refractivity contribution in [2.75, 3.05) is 0 Å². The zero-order valence-corrected chi connectivity index (χ0v) is 13.3. The van der Waals surface area contributed by atoms with Crippen molar-refractivity contribution < 1.29 is 13.2 Å². The maximum atomic E-state index is 12.9. The van der Waals surface area contributed by atoms with Crippen LogP contribution in [0.1, 0.15) is 18.2 Å². The van der Waals surface area contributed by atoms with Gasteiger partial charge in [-0.3, -0.25) is 4.98 Å². The van der Waals surface area contributed by atoms with Gasteiger partial charge < -0.3 is 5.73 Å². The van der Waals surface area contributed by atoms with E-state index in [2.05, 4.69) is 4.98 Å². The van der Waals surface area contributed by atoms with Crippen LogP contribution in [0.15, 0.2) is 46.3 Å². The molecule has 0 amide bonds. The average Bonchev–Trinajstić information content (AvgIpc) is 2.41. The molecule has 2 nitrogen and oxygen atoms in total. The largest absolute Gasteiger partial charge is 0.417 e. The summed E-state index contributed by atoms with van der Waals surface area (Å²) in [4.78, 5) is 5.19. The Bertz CT molecular complexity index is 642. The molecule has 0 saturated heterocycles. The van der Waals surface area contributed by atoms with Crippen molar-refractivity contribution in [3.63, 3.8) is 0 Å². The fraction of sp³-hybridized carbons (Fsp3) is 0.267. The van der Waals surface area contributed by atoms with E-state index >= 15 is 0 Å². The van der Waals surface area contributed by atoms with Gasteiger partial charge in [-0.2, -0.15) is 13.2 Å². The molecule has 0 aliphatic heterocycles. The quantitative estimate of drug-likeness (QED) is 0.864. The number of nitrogens with two attached hydrogens (primary N) is 1. The molecule has 2 aromatic rings. The second-order valence-corrected chi connectivity index (χ2v) is 6.46. The summed E-state index contributed by atoms with van der Waals surface area (Å²) in [5, 5.41) is 0.572. The second-order valence-electron chi connectivity index (χ2n) is 4.90. The van der Waals surface area contributed by atoms with Crippen molar-refractivity contribution in [1.29, 1.82) is 0 Å². The van der Waals surface area contributed by atoms with E-state index in [0.29, 0.717) is 22.0 Å². The zero-order valence-electron chi connectivity index (χ0n) is 11.7. The number of hydrogen-bond donors (Lipinski definition) is 1. The fourth-order valence-corrected chi connectivity index (χ4v) is 2.90. The Balaban J connectivity index is 2.38. The standard InChI is InChI=1S/C15H14ClF3N2S/c1-9(20)6-13-14(7-10(8-21-13)15(17,18)19)22-12-4-2-11(16)3-5-12/h2-5,7-9H,6,20H2,1H3. The van der Waals surface area contributed by atoms with E-state index in [1.165, 1.54) is 11.8 Å². The third-order valence-electron chi connectivity index (χ3n) is 2.81. The van der Waals surface area contributed by atoms with Gasteiger partial charge in [0.1, 0.15) is 0 Å². The van der Waals surface area contributed by atoms with Crippen LogP contribution in [-0.4, -0.2) is 11.0 Å². The smallest absolute Gasteiger partial charge is 0.328 e. The summed E-state index contributed by atoms with van der Waals surface area (Å²) in [5.74, 6) is 0. The van der Waals surface area contributed by atoms with Crippen LogP contribution >= 0.6 is 23.4 Å². The Morgan fingerprint density at radius 3 is 2.45 bits per heavy atom. The van der Waals surface area contributed by atoms with Crippen molar-refractivity contribution in [3.05, 3.63) is 52.8 Å². The maximum Gasteiger partial charge on any atom is 0.417 e. The number of pyridine rings is 1. The molecule has 1 unspecified atom stereocenters. The first-order valence-corrected chi connectivity index (χ1v) is 7.70. The molecule has 0 bridgehead atoms. The van der Waals surface area contributed by atoms with E-state index in [9.17, 15) is 13.2 Å². The summed E-state index contributed by atoms with van der Waals surface area (Å²) < 4.78 is 38.6. The van der Waals surface area contributed by atoms with Gasteiger partial charge in [0.05, 0.1) is 11.3 Å². The van der Waals surface area contributed by atoms with Crippen LogP contribution in [0.5, 0.6) is 0 Å². The van der Waals surface area contributed by atoms with E-state index in [0.717, 1.165) is 17.2 Å². The van der Waals surface area contributed by atoms with Crippen LogP contribution in [0.3, 0.4) is 0 Å². The summed E-state index contributed by atoms with van der Waals surface area (Å²) in [6.07, 6.45) is -3.16. The predicted molar refractivity (Wildman–Crippen MR) is 82.2 cm³/mol. The minimum absolute atomic E-state index is 0.186. The highest BCUT2D eigenvalue weighted by molar-refractivity contribution is 7.99. The molecular formula is C15H14ClF3N2S. The maximum absolute atomic E-state index is 12.9. The van der Waals surface area contributed by atoms with Gasteiger partial charge in [-0.1, -0.05) is 23.4 Å². The van der Waals surface area contributed by atoms with Crippen LogP contribution < -0.4 is 5.73 Å². The minimum Gasteiger partial charge on any atom is -0.328 e. The third kappa shape index (κ3) is 4.63. The zero-order chi connectivity index (χ0) is 16.3. The normalized spacial score (nSPS) is 13.2. The lowest BCUT2D eigenvalue weighted by Gasteiger charge is -2.14. The topological polar surface area (TPSA) is 38.9 Å². The second kappa shape index (κ2) is 6.89. The number of alkyl halides is 3. The van der Waals surface area contributed by atoms with Gasteiger partial charge in [-0.05, 0) is 37.3 Å². The summed E-state index contributed by atoms with van der Waals surface area (Å²) in [7, 11) is 0. The lowest BCUT2D eigenvalue weighted by atomic mass is 10.1. The monoisotopic (exact) mass is 346 g/mol. The molecule has 0 spiro atoms. The van der Waals surface area contributed by atoms with E-state index in [4.69, 9.17) is 17.3 Å². The molecule has 0 aliphatic rings. The van der Waals surface area contributed by atoms with Gasteiger partial charge in [0.15, 0.2) is 0 Å². The first-order chi connectivity index (χ1) is 10.3. The number of hydrogen-bond acceptors (Lipinski definition) is 3. The molecule has 1 aromatic heterocycles. The van der Waals surface area contributed by atoms with Crippen molar-refractivity contribution in [1.82, 2.24) is 4.98 Å². The summed E-state index contributed by atoms with van der Waals surface area (Å²) in [5.41, 5.74) is 5.53. The molecule has 0 radical (unpaired) electrons. The van der Waals surface area contributed by atoms with Gasteiger partial charge in [-0.25, -0.2) is 0 Å². The number of halogens is 4. The van der Waals surface area contributed by atoms with E-state index < -0.39 is 11.7 Å². The van der Waals surface area contributed by atoms with Crippen molar-refractivity contribution in [3.8, 4) is 0 Å². The molecule has 2 rings (SSSR count). The van der Waals surface area contributed by atoms with E-state index in [-0.39, 0.29) is 6.04 Å². The number of nitrogens with zero attached hydrogens (tertiary/aromatic N) is 1. The van der Waals surface area contributed by atoms with Gasteiger partial charge in [0.25, 0.3) is 0 Å². The van der Waals surface area contributed by atoms with Crippen molar-refractivity contribution in [2.45, 2.75) is 35.4 Å². The Morgan fingerprint density at radius 1 is 1.27 bits per heavy atom. The molecule has 1 aromatic carbocycles. The molecule has 22 heavy (non-hydrogen) atoms. The lowest BCUT2D eigenvalue weighted by Crippen LogP contribution is -2.19. The third-order valence-corrected chi connectivity index (χ3v) is 4.15. The van der Waals surface area contributed by atoms with E-state index in [1.54, 1.807) is 31.2 Å². The Labute approximate surface area is 135 Å². The van der Waals surface area contributed by atoms with Crippen LogP contribution in [-0.2, 0) is 12.6 Å². The molecule has 2 N–H and O–H groups in total. The lowest BCUT2D eigenvalue weighted by molar-refractivity contribution is -0.138. The van der Waals surface area contributed by atoms with Crippen LogP contribution in [0.25, 0.3) is 0 Å². The van der Waals surface area contributed by atoms with Gasteiger partial charge in [0, 0.05) is 33.5 Å². The average molecular weight is 347 g/mol. The number of aromatic nitrogens is 1. The molecule has 0 saturated carbocycles. The highest BCUT2D eigenvalue weighted by Crippen LogP contribution is 2.36. The summed E-state index contributed by atoms with van der Waals surface area (Å²) in [6, 6.07) is 7.82. The van der Waals surface area contributed by atoms with E-state index in [1.807, 2.05) is 0 Å². The first kappa shape index (κ1) is 17.1. The predicted octanol–water partition coefficient (Wildman–Crippen LogP) is 4.79. The highest BCUT2D eigenvalue weighted by Gasteiger charge is 2.31. The van der Waals surface area contributed by atoms with Crippen molar-refractivity contribution in [2.24, 2.45) is 5.73 Å². The minimum atomic E-state index is -4.42. The van der Waals surface area contributed by atoms with Crippen LogP contribution in [0.4, 0.5) is 13.2 Å². The summed E-state index contributed by atoms with van der Waals surface area (Å²) in [6.45, 7) is 1.79. The highest BCUT2D eigenvalue weighted by atomic mass is 35.5. The first-order valence-electron chi connectivity index (χ1n) is 6.51. The SMILES string of the molecule is CC(N)Cc1ncc(C(F)(F)F)cc1Sc1ccc(Cl)cc1. The van der Waals surface area contributed by atoms with Crippen molar-refractivity contribution >= 4 is 23.4 Å². The molecule has 0 aliphatic carbocycles. The summed E-state index contributed by atoms with van der Waals surface area (Å²) >= 11 is 7.03. The molecule has 0 fully saturated rings. The van der Waals surface area contributed by atoms with Gasteiger partial charge >= 0.3 is 6.18 Å². The number of rotatable bonds is 4. The molecule has 7 heteroatoms. The van der Waals surface area contributed by atoms with Gasteiger partial charge in [-0.15, -0.1) is 0 Å². The Kier molecular flexibility index (Phi) is 5.36. The number of benzene rings is 1. The Morgan fingerprint density at radius 2 is 1.91 bits per heavy atom.